The van der Waals surface area contributed by atoms with Crippen LogP contribution >= 0.6 is 0 Å². The normalized spacial score (nSPS) is 16.0. The summed E-state index contributed by atoms with van der Waals surface area (Å²) >= 11 is 0. The van der Waals surface area contributed by atoms with Gasteiger partial charge in [0.05, 0.1) is 18.4 Å². The van der Waals surface area contributed by atoms with Crippen LogP contribution in [0, 0.1) is 5.92 Å². The highest BCUT2D eigenvalue weighted by Gasteiger charge is 2.27. The third kappa shape index (κ3) is 6.29. The second kappa shape index (κ2) is 12.1. The van der Waals surface area contributed by atoms with Crippen molar-refractivity contribution in [1.82, 2.24) is 10.2 Å². The van der Waals surface area contributed by atoms with E-state index in [0.29, 0.717) is 17.8 Å². The topological polar surface area (TPSA) is 77.1 Å². The Morgan fingerprint density at radius 2 is 1.69 bits per heavy atom. The van der Waals surface area contributed by atoms with E-state index in [4.69, 9.17) is 4.74 Å². The standard InChI is InChI=1S/C28H39N5O3/c1-31(2)15-7-14-29-28(35)23-20-22(30-27(34)21-8-6-9-21)12-13-24(23)32-16-18-33(19-17-32)25-10-4-5-11-26(25)36-3/h4-5,10-13,20-21H,6-9,14-19H2,1-3H3,(H,29,35)(H,30,34). The van der Waals surface area contributed by atoms with E-state index in [0.717, 1.165) is 75.5 Å². The smallest absolute Gasteiger partial charge is 0.253 e. The molecule has 8 nitrogen and oxygen atoms in total. The molecule has 2 aliphatic rings. The van der Waals surface area contributed by atoms with Gasteiger partial charge in [-0.2, -0.15) is 0 Å². The van der Waals surface area contributed by atoms with Gasteiger partial charge in [-0.05, 0) is 70.2 Å². The lowest BCUT2D eigenvalue weighted by atomic mass is 9.85. The lowest BCUT2D eigenvalue weighted by Crippen LogP contribution is -2.47. The van der Waals surface area contributed by atoms with E-state index < -0.39 is 0 Å². The van der Waals surface area contributed by atoms with Crippen molar-refractivity contribution in [2.45, 2.75) is 25.7 Å². The molecule has 1 aliphatic heterocycles. The molecule has 1 heterocycles. The number of anilines is 3. The fraction of sp³-hybridized carbons (Fsp3) is 0.500. The molecule has 8 heteroatoms. The number of nitrogens with one attached hydrogen (secondary N) is 2. The second-order valence-electron chi connectivity index (χ2n) is 9.91. The molecule has 36 heavy (non-hydrogen) atoms. The summed E-state index contributed by atoms with van der Waals surface area (Å²) in [5.41, 5.74) is 3.28. The van der Waals surface area contributed by atoms with E-state index in [2.05, 4.69) is 31.4 Å². The van der Waals surface area contributed by atoms with Crippen LogP contribution in [0.5, 0.6) is 5.75 Å². The lowest BCUT2D eigenvalue weighted by Gasteiger charge is -2.38. The molecule has 2 amide bonds. The average Bonchev–Trinajstić information content (AvgIpc) is 2.85. The summed E-state index contributed by atoms with van der Waals surface area (Å²) in [4.78, 5) is 32.5. The third-order valence-corrected chi connectivity index (χ3v) is 7.10. The van der Waals surface area contributed by atoms with Gasteiger partial charge in [-0.3, -0.25) is 9.59 Å². The van der Waals surface area contributed by atoms with Gasteiger partial charge in [-0.25, -0.2) is 0 Å². The third-order valence-electron chi connectivity index (χ3n) is 7.10. The molecule has 2 N–H and O–H groups in total. The summed E-state index contributed by atoms with van der Waals surface area (Å²) in [6, 6.07) is 13.8. The lowest BCUT2D eigenvalue weighted by molar-refractivity contribution is -0.122. The minimum absolute atomic E-state index is 0.0526. The molecule has 1 saturated heterocycles. The van der Waals surface area contributed by atoms with Gasteiger partial charge in [-0.1, -0.05) is 18.6 Å². The van der Waals surface area contributed by atoms with Crippen molar-refractivity contribution in [3.63, 3.8) is 0 Å². The molecule has 0 unspecified atom stereocenters. The molecule has 0 atom stereocenters. The van der Waals surface area contributed by atoms with Crippen LogP contribution in [-0.2, 0) is 4.79 Å². The Bertz CT molecular complexity index is 1050. The summed E-state index contributed by atoms with van der Waals surface area (Å²) in [6.45, 7) is 4.74. The minimum atomic E-state index is -0.101. The van der Waals surface area contributed by atoms with Crippen molar-refractivity contribution in [1.29, 1.82) is 0 Å². The van der Waals surface area contributed by atoms with E-state index in [1.807, 2.05) is 50.5 Å². The molecular formula is C28H39N5O3. The van der Waals surface area contributed by atoms with Gasteiger partial charge in [0, 0.05) is 50.0 Å². The Hall–Kier alpha value is -3.26. The second-order valence-corrected chi connectivity index (χ2v) is 9.91. The van der Waals surface area contributed by atoms with Crippen LogP contribution in [0.25, 0.3) is 0 Å². The summed E-state index contributed by atoms with van der Waals surface area (Å²) < 4.78 is 5.55. The van der Waals surface area contributed by atoms with Gasteiger partial charge in [0.1, 0.15) is 5.75 Å². The first-order chi connectivity index (χ1) is 17.5. The largest absolute Gasteiger partial charge is 0.495 e. The van der Waals surface area contributed by atoms with Gasteiger partial charge in [0.25, 0.3) is 5.91 Å². The van der Waals surface area contributed by atoms with E-state index >= 15 is 0 Å². The van der Waals surface area contributed by atoms with Gasteiger partial charge in [-0.15, -0.1) is 0 Å². The maximum Gasteiger partial charge on any atom is 0.253 e. The fourth-order valence-electron chi connectivity index (χ4n) is 4.76. The number of nitrogens with zero attached hydrogens (tertiary/aromatic N) is 3. The average molecular weight is 494 g/mol. The highest BCUT2D eigenvalue weighted by Crippen LogP contribution is 2.32. The molecule has 1 aliphatic carbocycles. The van der Waals surface area contributed by atoms with Crippen molar-refractivity contribution in [3.05, 3.63) is 48.0 Å². The number of amides is 2. The van der Waals surface area contributed by atoms with Gasteiger partial charge < -0.3 is 30.1 Å². The molecular weight excluding hydrogens is 454 g/mol. The van der Waals surface area contributed by atoms with E-state index in [1.165, 1.54) is 0 Å². The van der Waals surface area contributed by atoms with Crippen LogP contribution in [-0.4, -0.2) is 77.2 Å². The van der Waals surface area contributed by atoms with Gasteiger partial charge in [0.15, 0.2) is 0 Å². The first-order valence-corrected chi connectivity index (χ1v) is 13.0. The molecule has 0 radical (unpaired) electrons. The summed E-state index contributed by atoms with van der Waals surface area (Å²) in [6.07, 6.45) is 3.88. The number of para-hydroxylation sites is 2. The van der Waals surface area contributed by atoms with Crippen molar-refractivity contribution < 1.29 is 14.3 Å². The van der Waals surface area contributed by atoms with E-state index in [9.17, 15) is 9.59 Å². The molecule has 0 aromatic heterocycles. The number of rotatable bonds is 10. The Morgan fingerprint density at radius 1 is 1.00 bits per heavy atom. The van der Waals surface area contributed by atoms with Crippen LogP contribution in [0.2, 0.25) is 0 Å². The Labute approximate surface area is 214 Å². The van der Waals surface area contributed by atoms with E-state index in [1.54, 1.807) is 7.11 Å². The van der Waals surface area contributed by atoms with Gasteiger partial charge >= 0.3 is 0 Å². The van der Waals surface area contributed by atoms with Crippen LogP contribution in [0.4, 0.5) is 17.1 Å². The van der Waals surface area contributed by atoms with Crippen LogP contribution in [0.1, 0.15) is 36.0 Å². The monoisotopic (exact) mass is 493 g/mol. The number of hydrogen-bond donors (Lipinski definition) is 2. The van der Waals surface area contributed by atoms with Crippen molar-refractivity contribution >= 4 is 28.9 Å². The molecule has 2 fully saturated rings. The maximum atomic E-state index is 13.3. The van der Waals surface area contributed by atoms with Crippen LogP contribution < -0.4 is 25.2 Å². The molecule has 1 saturated carbocycles. The summed E-state index contributed by atoms with van der Waals surface area (Å²) in [5, 5.41) is 6.10. The van der Waals surface area contributed by atoms with Crippen molar-refractivity contribution in [2.24, 2.45) is 5.92 Å². The number of hydrogen-bond acceptors (Lipinski definition) is 6. The molecule has 0 spiro atoms. The number of benzene rings is 2. The van der Waals surface area contributed by atoms with Crippen LogP contribution in [0.3, 0.4) is 0 Å². The van der Waals surface area contributed by atoms with E-state index in [-0.39, 0.29) is 17.7 Å². The van der Waals surface area contributed by atoms with Gasteiger partial charge in [0.2, 0.25) is 5.91 Å². The summed E-state index contributed by atoms with van der Waals surface area (Å²) in [7, 11) is 5.75. The highest BCUT2D eigenvalue weighted by molar-refractivity contribution is 6.02. The number of carbonyl (C=O) groups is 2. The zero-order chi connectivity index (χ0) is 25.5. The quantitative estimate of drug-likeness (QED) is 0.494. The number of methoxy groups -OCH3 is 1. The zero-order valence-electron chi connectivity index (χ0n) is 21.8. The number of carbonyl (C=O) groups excluding carboxylic acids is 2. The fourth-order valence-corrected chi connectivity index (χ4v) is 4.76. The maximum absolute atomic E-state index is 13.3. The predicted molar refractivity (Wildman–Crippen MR) is 145 cm³/mol. The first kappa shape index (κ1) is 25.8. The Balaban J connectivity index is 1.48. The number of ether oxygens (including phenoxy) is 1. The zero-order valence-corrected chi connectivity index (χ0v) is 21.8. The molecule has 0 bridgehead atoms. The molecule has 4 rings (SSSR count). The summed E-state index contributed by atoms with van der Waals surface area (Å²) in [5.74, 6) is 0.916. The van der Waals surface area contributed by atoms with Crippen molar-refractivity contribution in [2.75, 3.05) is 75.6 Å². The molecule has 2 aromatic carbocycles. The number of piperazine rings is 1. The predicted octanol–water partition coefficient (Wildman–Crippen LogP) is 3.44. The molecule has 2 aromatic rings. The first-order valence-electron chi connectivity index (χ1n) is 13.0. The van der Waals surface area contributed by atoms with Crippen LogP contribution in [0.15, 0.2) is 42.5 Å². The SMILES string of the molecule is COc1ccccc1N1CCN(c2ccc(NC(=O)C3CCC3)cc2C(=O)NCCCN(C)C)CC1. The Morgan fingerprint density at radius 3 is 2.33 bits per heavy atom. The van der Waals surface area contributed by atoms with Crippen molar-refractivity contribution in [3.8, 4) is 5.75 Å². The highest BCUT2D eigenvalue weighted by atomic mass is 16.5. The minimum Gasteiger partial charge on any atom is -0.495 e. The molecule has 194 valence electrons. The Kier molecular flexibility index (Phi) is 8.70.